The van der Waals surface area contributed by atoms with Crippen molar-refractivity contribution in [3.05, 3.63) is 52.8 Å². The Morgan fingerprint density at radius 3 is 2.73 bits per heavy atom. The molecule has 3 aromatic rings. The van der Waals surface area contributed by atoms with E-state index in [1.54, 1.807) is 18.2 Å². The van der Waals surface area contributed by atoms with Gasteiger partial charge in [0.1, 0.15) is 11.3 Å². The summed E-state index contributed by atoms with van der Waals surface area (Å²) in [5, 5.41) is 6.48. The van der Waals surface area contributed by atoms with Gasteiger partial charge in [-0.15, -0.1) is 0 Å². The van der Waals surface area contributed by atoms with Crippen molar-refractivity contribution in [1.82, 2.24) is 0 Å². The third-order valence-corrected chi connectivity index (χ3v) is 4.70. The number of rotatable bonds is 2. The second-order valence-electron chi connectivity index (χ2n) is 6.44. The molecule has 0 radical (unpaired) electrons. The number of ether oxygens (including phenoxy) is 1. The minimum atomic E-state index is -0.334. The largest absolute Gasteiger partial charge is 0.482 e. The van der Waals surface area contributed by atoms with Crippen molar-refractivity contribution in [3.63, 3.8) is 0 Å². The highest BCUT2D eigenvalue weighted by atomic mass is 16.5. The quantitative estimate of drug-likeness (QED) is 0.733. The van der Waals surface area contributed by atoms with Crippen LogP contribution in [0.1, 0.15) is 27.2 Å². The summed E-state index contributed by atoms with van der Waals surface area (Å²) in [7, 11) is 0. The molecule has 2 aromatic carbocycles. The standard InChI is InChI=1S/C20H18N2O4/c1-10-4-6-14-12(3)19(26-18(14)11(10)2)20(24)21-13-5-7-16-15(8-13)22-17(23)9-25-16/h4-8H,9H2,1-3H3,(H,21,24)(H,22,23). The Morgan fingerprint density at radius 2 is 1.92 bits per heavy atom. The van der Waals surface area contributed by atoms with E-state index in [2.05, 4.69) is 10.6 Å². The van der Waals surface area contributed by atoms with Gasteiger partial charge in [-0.1, -0.05) is 12.1 Å². The molecule has 0 aliphatic carbocycles. The number of carbonyl (C=O) groups excluding carboxylic acids is 2. The summed E-state index contributed by atoms with van der Waals surface area (Å²) < 4.78 is 11.2. The van der Waals surface area contributed by atoms with Crippen LogP contribution in [0.5, 0.6) is 5.75 Å². The van der Waals surface area contributed by atoms with Gasteiger partial charge >= 0.3 is 0 Å². The summed E-state index contributed by atoms with van der Waals surface area (Å²) in [6.45, 7) is 5.86. The lowest BCUT2D eigenvalue weighted by Gasteiger charge is -2.18. The third-order valence-electron chi connectivity index (χ3n) is 4.70. The van der Waals surface area contributed by atoms with Gasteiger partial charge in [0.2, 0.25) is 0 Å². The fraction of sp³-hybridized carbons (Fsp3) is 0.200. The Hall–Kier alpha value is -3.28. The average Bonchev–Trinajstić information content (AvgIpc) is 2.95. The second-order valence-corrected chi connectivity index (χ2v) is 6.44. The minimum absolute atomic E-state index is 0.00431. The van der Waals surface area contributed by atoms with Crippen LogP contribution < -0.4 is 15.4 Å². The maximum absolute atomic E-state index is 12.7. The van der Waals surface area contributed by atoms with Crippen LogP contribution in [0.2, 0.25) is 0 Å². The molecule has 0 saturated heterocycles. The number of hydrogen-bond acceptors (Lipinski definition) is 4. The number of amides is 2. The number of fused-ring (bicyclic) bond motifs is 2. The van der Waals surface area contributed by atoms with Gasteiger partial charge in [-0.05, 0) is 50.1 Å². The number of benzene rings is 2. The molecule has 2 heterocycles. The summed E-state index contributed by atoms with van der Waals surface area (Å²) in [6, 6.07) is 9.09. The van der Waals surface area contributed by atoms with Crippen molar-refractivity contribution < 1.29 is 18.7 Å². The van der Waals surface area contributed by atoms with Crippen LogP contribution in [-0.2, 0) is 4.79 Å². The molecule has 1 aliphatic rings. The Kier molecular flexibility index (Phi) is 3.68. The highest BCUT2D eigenvalue weighted by Gasteiger charge is 2.21. The van der Waals surface area contributed by atoms with Crippen LogP contribution in [0.4, 0.5) is 11.4 Å². The molecule has 26 heavy (non-hydrogen) atoms. The normalized spacial score (nSPS) is 13.1. The summed E-state index contributed by atoms with van der Waals surface area (Å²) in [5.41, 5.74) is 4.76. The fourth-order valence-corrected chi connectivity index (χ4v) is 3.08. The molecular formula is C20H18N2O4. The van der Waals surface area contributed by atoms with Crippen molar-refractivity contribution in [2.24, 2.45) is 0 Å². The highest BCUT2D eigenvalue weighted by molar-refractivity contribution is 6.07. The number of carbonyl (C=O) groups is 2. The molecule has 2 amide bonds. The molecule has 6 nitrogen and oxygen atoms in total. The van der Waals surface area contributed by atoms with Gasteiger partial charge in [-0.2, -0.15) is 0 Å². The Balaban J connectivity index is 1.66. The molecule has 6 heteroatoms. The van der Waals surface area contributed by atoms with E-state index in [1.807, 2.05) is 32.9 Å². The second kappa shape index (κ2) is 5.91. The van der Waals surface area contributed by atoms with Gasteiger partial charge < -0.3 is 19.8 Å². The Bertz CT molecular complexity index is 1070. The summed E-state index contributed by atoms with van der Waals surface area (Å²) >= 11 is 0. The van der Waals surface area contributed by atoms with E-state index < -0.39 is 0 Å². The first-order valence-corrected chi connectivity index (χ1v) is 8.31. The van der Waals surface area contributed by atoms with Crippen molar-refractivity contribution in [2.45, 2.75) is 20.8 Å². The van der Waals surface area contributed by atoms with Crippen LogP contribution in [0.25, 0.3) is 11.0 Å². The Morgan fingerprint density at radius 1 is 1.12 bits per heavy atom. The molecule has 1 aromatic heterocycles. The smallest absolute Gasteiger partial charge is 0.291 e. The van der Waals surface area contributed by atoms with Crippen molar-refractivity contribution in [2.75, 3.05) is 17.2 Å². The summed E-state index contributed by atoms with van der Waals surface area (Å²) in [5.74, 6) is 0.305. The number of aryl methyl sites for hydroxylation is 3. The van der Waals surface area contributed by atoms with Gasteiger partial charge in [-0.25, -0.2) is 0 Å². The first kappa shape index (κ1) is 16.2. The molecule has 0 saturated carbocycles. The molecule has 4 rings (SSSR count). The first-order chi connectivity index (χ1) is 12.4. The van der Waals surface area contributed by atoms with Crippen LogP contribution >= 0.6 is 0 Å². The highest BCUT2D eigenvalue weighted by Crippen LogP contribution is 2.32. The molecule has 0 fully saturated rings. The number of nitrogens with one attached hydrogen (secondary N) is 2. The molecule has 2 N–H and O–H groups in total. The molecule has 132 valence electrons. The summed E-state index contributed by atoms with van der Waals surface area (Å²) in [4.78, 5) is 24.2. The predicted octanol–water partition coefficient (Wildman–Crippen LogP) is 3.94. The van der Waals surface area contributed by atoms with Gasteiger partial charge in [0, 0.05) is 16.6 Å². The van der Waals surface area contributed by atoms with Crippen molar-refractivity contribution >= 4 is 34.2 Å². The monoisotopic (exact) mass is 350 g/mol. The number of hydrogen-bond donors (Lipinski definition) is 2. The molecule has 0 unspecified atom stereocenters. The van der Waals surface area contributed by atoms with Crippen LogP contribution in [0, 0.1) is 20.8 Å². The zero-order valence-corrected chi connectivity index (χ0v) is 14.7. The lowest BCUT2D eigenvalue weighted by atomic mass is 10.0. The predicted molar refractivity (Wildman–Crippen MR) is 98.9 cm³/mol. The van der Waals surface area contributed by atoms with Gasteiger partial charge in [0.25, 0.3) is 11.8 Å². The van der Waals surface area contributed by atoms with Gasteiger partial charge in [0.05, 0.1) is 5.69 Å². The lowest BCUT2D eigenvalue weighted by Crippen LogP contribution is -2.25. The fourth-order valence-electron chi connectivity index (χ4n) is 3.08. The van der Waals surface area contributed by atoms with Crippen molar-refractivity contribution in [3.8, 4) is 5.75 Å². The zero-order valence-electron chi connectivity index (χ0n) is 14.7. The van der Waals surface area contributed by atoms with Gasteiger partial charge in [-0.3, -0.25) is 9.59 Å². The maximum Gasteiger partial charge on any atom is 0.291 e. The van der Waals surface area contributed by atoms with Crippen LogP contribution in [0.15, 0.2) is 34.7 Å². The summed E-state index contributed by atoms with van der Waals surface area (Å²) in [6.07, 6.45) is 0. The molecule has 0 bridgehead atoms. The Labute approximate surface area is 150 Å². The van der Waals surface area contributed by atoms with E-state index in [0.717, 1.165) is 27.7 Å². The molecule has 1 aliphatic heterocycles. The molecular weight excluding hydrogens is 332 g/mol. The lowest BCUT2D eigenvalue weighted by molar-refractivity contribution is -0.118. The number of anilines is 2. The minimum Gasteiger partial charge on any atom is -0.482 e. The molecule has 0 atom stereocenters. The van der Waals surface area contributed by atoms with E-state index in [0.29, 0.717) is 17.1 Å². The average molecular weight is 350 g/mol. The van der Waals surface area contributed by atoms with E-state index in [4.69, 9.17) is 9.15 Å². The topological polar surface area (TPSA) is 80.6 Å². The number of furan rings is 1. The van der Waals surface area contributed by atoms with E-state index in [9.17, 15) is 9.59 Å². The van der Waals surface area contributed by atoms with E-state index >= 15 is 0 Å². The third kappa shape index (κ3) is 2.60. The van der Waals surface area contributed by atoms with E-state index in [-0.39, 0.29) is 24.2 Å². The van der Waals surface area contributed by atoms with Crippen LogP contribution in [0.3, 0.4) is 0 Å². The molecule has 0 spiro atoms. The SMILES string of the molecule is Cc1ccc2c(C)c(C(=O)Nc3ccc4c(c3)NC(=O)CO4)oc2c1C. The van der Waals surface area contributed by atoms with E-state index in [1.165, 1.54) is 0 Å². The van der Waals surface area contributed by atoms with Crippen LogP contribution in [-0.4, -0.2) is 18.4 Å². The van der Waals surface area contributed by atoms with Gasteiger partial charge in [0.15, 0.2) is 12.4 Å². The van der Waals surface area contributed by atoms with Crippen molar-refractivity contribution in [1.29, 1.82) is 0 Å². The first-order valence-electron chi connectivity index (χ1n) is 8.31. The maximum atomic E-state index is 12.7. The zero-order chi connectivity index (χ0) is 18.4.